The predicted octanol–water partition coefficient (Wildman–Crippen LogP) is 4.51. The number of hydrogen-bond donors (Lipinski definition) is 0. The topological polar surface area (TPSA) is 38.7 Å². The standard InChI is InChI=1S/C15H9Cl2N3/c16-10-9-20-15(12-6-2-4-8-19-12)13(14(10)17)11-5-1-3-7-18-11/h1-9H. The highest BCUT2D eigenvalue weighted by molar-refractivity contribution is 6.44. The molecule has 0 fully saturated rings. The molecule has 3 rings (SSSR count). The van der Waals surface area contributed by atoms with Gasteiger partial charge in [-0.1, -0.05) is 35.3 Å². The van der Waals surface area contributed by atoms with Crippen LogP contribution in [0.4, 0.5) is 0 Å². The van der Waals surface area contributed by atoms with Crippen LogP contribution in [0.15, 0.2) is 55.0 Å². The summed E-state index contributed by atoms with van der Waals surface area (Å²) in [5.41, 5.74) is 2.80. The Morgan fingerprint density at radius 1 is 0.750 bits per heavy atom. The Labute approximate surface area is 126 Å². The molecular weight excluding hydrogens is 293 g/mol. The van der Waals surface area contributed by atoms with Crippen LogP contribution in [0.2, 0.25) is 10.0 Å². The van der Waals surface area contributed by atoms with Crippen LogP contribution in [0.5, 0.6) is 0 Å². The molecule has 0 spiro atoms. The first-order valence-electron chi connectivity index (χ1n) is 5.94. The molecule has 0 aromatic carbocycles. The lowest BCUT2D eigenvalue weighted by molar-refractivity contribution is 1.23. The van der Waals surface area contributed by atoms with E-state index < -0.39 is 0 Å². The van der Waals surface area contributed by atoms with Crippen molar-refractivity contribution in [3.8, 4) is 22.6 Å². The van der Waals surface area contributed by atoms with E-state index >= 15 is 0 Å². The van der Waals surface area contributed by atoms with Crippen LogP contribution in [0.3, 0.4) is 0 Å². The molecule has 5 heteroatoms. The van der Waals surface area contributed by atoms with Gasteiger partial charge in [0.05, 0.1) is 27.1 Å². The first-order chi connectivity index (χ1) is 9.77. The first kappa shape index (κ1) is 13.0. The molecule has 98 valence electrons. The molecule has 0 atom stereocenters. The van der Waals surface area contributed by atoms with Gasteiger partial charge in [-0.3, -0.25) is 15.0 Å². The maximum Gasteiger partial charge on any atom is 0.0996 e. The van der Waals surface area contributed by atoms with Gasteiger partial charge in [-0.2, -0.15) is 0 Å². The zero-order valence-electron chi connectivity index (χ0n) is 10.3. The Morgan fingerprint density at radius 3 is 2.00 bits per heavy atom. The average molecular weight is 302 g/mol. The van der Waals surface area contributed by atoms with E-state index in [0.29, 0.717) is 27.0 Å². The van der Waals surface area contributed by atoms with Crippen LogP contribution in [0.1, 0.15) is 0 Å². The molecule has 0 radical (unpaired) electrons. The van der Waals surface area contributed by atoms with Crippen LogP contribution in [0.25, 0.3) is 22.6 Å². The number of nitrogens with zero attached hydrogens (tertiary/aromatic N) is 3. The van der Waals surface area contributed by atoms with Crippen LogP contribution < -0.4 is 0 Å². The fourth-order valence-corrected chi connectivity index (χ4v) is 2.29. The Morgan fingerprint density at radius 2 is 1.40 bits per heavy atom. The predicted molar refractivity (Wildman–Crippen MR) is 80.7 cm³/mol. The maximum atomic E-state index is 6.34. The van der Waals surface area contributed by atoms with E-state index in [1.165, 1.54) is 6.20 Å². The second-order valence-electron chi connectivity index (χ2n) is 4.07. The van der Waals surface area contributed by atoms with E-state index in [0.717, 1.165) is 5.69 Å². The van der Waals surface area contributed by atoms with Gasteiger partial charge in [0.25, 0.3) is 0 Å². The summed E-state index contributed by atoms with van der Waals surface area (Å²) in [6, 6.07) is 11.2. The summed E-state index contributed by atoms with van der Waals surface area (Å²) in [5.74, 6) is 0. The van der Waals surface area contributed by atoms with Gasteiger partial charge in [-0.25, -0.2) is 0 Å². The maximum absolute atomic E-state index is 6.34. The fraction of sp³-hybridized carbons (Fsp3) is 0. The highest BCUT2D eigenvalue weighted by Gasteiger charge is 2.17. The molecule has 0 amide bonds. The van der Waals surface area contributed by atoms with Crippen molar-refractivity contribution in [3.63, 3.8) is 0 Å². The normalized spacial score (nSPS) is 10.5. The lowest BCUT2D eigenvalue weighted by Gasteiger charge is -2.10. The Kier molecular flexibility index (Phi) is 3.63. The van der Waals surface area contributed by atoms with Crippen molar-refractivity contribution in [1.29, 1.82) is 0 Å². The average Bonchev–Trinajstić information content (AvgIpc) is 2.51. The third-order valence-corrected chi connectivity index (χ3v) is 3.58. The number of pyridine rings is 3. The van der Waals surface area contributed by atoms with Crippen LogP contribution in [-0.4, -0.2) is 15.0 Å². The second-order valence-corrected chi connectivity index (χ2v) is 4.86. The van der Waals surface area contributed by atoms with Crippen LogP contribution in [-0.2, 0) is 0 Å². The van der Waals surface area contributed by atoms with Crippen LogP contribution >= 0.6 is 23.2 Å². The molecule has 0 N–H and O–H groups in total. The molecule has 0 aliphatic carbocycles. The van der Waals surface area contributed by atoms with E-state index in [4.69, 9.17) is 23.2 Å². The molecular formula is C15H9Cl2N3. The minimum atomic E-state index is 0.395. The summed E-state index contributed by atoms with van der Waals surface area (Å²) >= 11 is 12.4. The third-order valence-electron chi connectivity index (χ3n) is 2.80. The third kappa shape index (κ3) is 2.38. The number of halogens is 2. The lowest BCUT2D eigenvalue weighted by Crippen LogP contribution is -1.94. The lowest BCUT2D eigenvalue weighted by atomic mass is 10.1. The summed E-state index contributed by atoms with van der Waals surface area (Å²) in [6.45, 7) is 0. The molecule has 0 aliphatic heterocycles. The molecule has 3 nitrogen and oxygen atoms in total. The molecule has 0 saturated carbocycles. The Balaban J connectivity index is 2.29. The van der Waals surface area contributed by atoms with Gasteiger partial charge in [-0.05, 0) is 24.3 Å². The molecule has 0 saturated heterocycles. The van der Waals surface area contributed by atoms with Crippen LogP contribution in [0, 0.1) is 0 Å². The molecule has 3 aromatic rings. The summed E-state index contributed by atoms with van der Waals surface area (Å²) in [5, 5.41) is 0.827. The van der Waals surface area contributed by atoms with Crippen molar-refractivity contribution in [2.75, 3.05) is 0 Å². The van der Waals surface area contributed by atoms with Gasteiger partial charge < -0.3 is 0 Å². The van der Waals surface area contributed by atoms with E-state index in [2.05, 4.69) is 15.0 Å². The van der Waals surface area contributed by atoms with Crippen molar-refractivity contribution < 1.29 is 0 Å². The zero-order valence-corrected chi connectivity index (χ0v) is 11.8. The van der Waals surface area contributed by atoms with Gasteiger partial charge >= 0.3 is 0 Å². The molecule has 0 unspecified atom stereocenters. The van der Waals surface area contributed by atoms with E-state index in [1.807, 2.05) is 36.4 Å². The monoisotopic (exact) mass is 301 g/mol. The summed E-state index contributed by atoms with van der Waals surface area (Å²) in [6.07, 6.45) is 4.94. The van der Waals surface area contributed by atoms with Gasteiger partial charge in [0.2, 0.25) is 0 Å². The van der Waals surface area contributed by atoms with Gasteiger partial charge in [0, 0.05) is 24.2 Å². The van der Waals surface area contributed by atoms with Crippen molar-refractivity contribution in [3.05, 3.63) is 65.0 Å². The van der Waals surface area contributed by atoms with Gasteiger partial charge in [-0.15, -0.1) is 0 Å². The summed E-state index contributed by atoms with van der Waals surface area (Å²) < 4.78 is 0. The number of hydrogen-bond acceptors (Lipinski definition) is 3. The van der Waals surface area contributed by atoms with Gasteiger partial charge in [0.1, 0.15) is 0 Å². The molecule has 3 heterocycles. The van der Waals surface area contributed by atoms with Crippen molar-refractivity contribution in [2.24, 2.45) is 0 Å². The van der Waals surface area contributed by atoms with E-state index in [9.17, 15) is 0 Å². The number of rotatable bonds is 2. The molecule has 20 heavy (non-hydrogen) atoms. The number of aromatic nitrogens is 3. The van der Waals surface area contributed by atoms with E-state index in [-0.39, 0.29) is 0 Å². The Hall–Kier alpha value is -1.97. The zero-order chi connectivity index (χ0) is 13.9. The minimum absolute atomic E-state index is 0.395. The van der Waals surface area contributed by atoms with Crippen molar-refractivity contribution in [1.82, 2.24) is 15.0 Å². The first-order valence-corrected chi connectivity index (χ1v) is 6.70. The van der Waals surface area contributed by atoms with E-state index in [1.54, 1.807) is 12.4 Å². The van der Waals surface area contributed by atoms with Crippen molar-refractivity contribution >= 4 is 23.2 Å². The quantitative estimate of drug-likeness (QED) is 0.699. The molecule has 0 aliphatic rings. The summed E-state index contributed by atoms with van der Waals surface area (Å²) in [7, 11) is 0. The SMILES string of the molecule is Clc1cnc(-c2ccccn2)c(-c2ccccn2)c1Cl. The summed E-state index contributed by atoms with van der Waals surface area (Å²) in [4.78, 5) is 13.0. The largest absolute Gasteiger partial charge is 0.256 e. The molecule has 0 bridgehead atoms. The van der Waals surface area contributed by atoms with Gasteiger partial charge in [0.15, 0.2) is 0 Å². The van der Waals surface area contributed by atoms with Crippen molar-refractivity contribution in [2.45, 2.75) is 0 Å². The highest BCUT2D eigenvalue weighted by Crippen LogP contribution is 2.38. The second kappa shape index (κ2) is 5.57. The smallest absolute Gasteiger partial charge is 0.0996 e. The highest BCUT2D eigenvalue weighted by atomic mass is 35.5. The minimum Gasteiger partial charge on any atom is -0.256 e. The molecule has 3 aromatic heterocycles. The Bertz CT molecular complexity index is 731. The fourth-order valence-electron chi connectivity index (χ4n) is 1.91.